The van der Waals surface area contributed by atoms with Gasteiger partial charge in [0.2, 0.25) is 0 Å². The van der Waals surface area contributed by atoms with Crippen LogP contribution < -0.4 is 0 Å². The van der Waals surface area contributed by atoms with Gasteiger partial charge in [0, 0.05) is 5.56 Å². The van der Waals surface area contributed by atoms with E-state index in [1.54, 1.807) is 18.2 Å². The van der Waals surface area contributed by atoms with E-state index < -0.39 is 0 Å². The van der Waals surface area contributed by atoms with Gasteiger partial charge in [-0.3, -0.25) is 0 Å². The Bertz CT molecular complexity index is 201. The van der Waals surface area contributed by atoms with Crippen LogP contribution in [0.15, 0.2) is 24.3 Å². The molecule has 0 heterocycles. The van der Waals surface area contributed by atoms with Crippen molar-refractivity contribution in [2.45, 2.75) is 5.88 Å². The number of rotatable bonds is 1. The number of halogens is 1. The number of benzene rings is 1. The van der Waals surface area contributed by atoms with Crippen molar-refractivity contribution in [1.82, 2.24) is 0 Å². The molecule has 1 aromatic carbocycles. The highest BCUT2D eigenvalue weighted by molar-refractivity contribution is 6.17. The van der Waals surface area contributed by atoms with E-state index in [1.807, 2.05) is 6.07 Å². The molecule has 1 rings (SSSR count). The maximum absolute atomic E-state index is 9.03. The molecular weight excluding hydrogens is 152 g/mol. The van der Waals surface area contributed by atoms with Gasteiger partial charge in [-0.2, -0.15) is 0 Å². The molecule has 0 aliphatic heterocycles. The van der Waals surface area contributed by atoms with Crippen LogP contribution in [0.25, 0.3) is 0 Å². The summed E-state index contributed by atoms with van der Waals surface area (Å²) in [6.07, 6.45) is 0. The molecule has 0 aliphatic carbocycles. The lowest BCUT2D eigenvalue weighted by molar-refractivity contribution is 0.470. The molecule has 0 unspecified atom stereocenters. The predicted molar refractivity (Wildman–Crippen MR) is 41.3 cm³/mol. The number of para-hydroxylation sites is 1. The smallest absolute Gasteiger partial charge is 0.119 e. The van der Waals surface area contributed by atoms with Crippen LogP contribution in [0.3, 0.4) is 0 Å². The topological polar surface area (TPSA) is 51.7 Å². The molecule has 10 heavy (non-hydrogen) atoms. The Balaban J connectivity index is 0.000000810. The van der Waals surface area contributed by atoms with E-state index >= 15 is 0 Å². The highest BCUT2D eigenvalue weighted by Crippen LogP contribution is 2.16. The summed E-state index contributed by atoms with van der Waals surface area (Å²) in [6.45, 7) is 0. The zero-order chi connectivity index (χ0) is 6.69. The van der Waals surface area contributed by atoms with Gasteiger partial charge in [0.15, 0.2) is 0 Å². The Morgan fingerprint density at radius 3 is 2.30 bits per heavy atom. The van der Waals surface area contributed by atoms with Gasteiger partial charge >= 0.3 is 0 Å². The van der Waals surface area contributed by atoms with E-state index in [0.29, 0.717) is 5.88 Å². The lowest BCUT2D eigenvalue weighted by atomic mass is 10.2. The summed E-state index contributed by atoms with van der Waals surface area (Å²) < 4.78 is 0. The maximum Gasteiger partial charge on any atom is 0.119 e. The molecule has 3 heteroatoms. The third-order valence-electron chi connectivity index (χ3n) is 1.14. The Hall–Kier alpha value is -0.730. The Labute approximate surface area is 64.4 Å². The van der Waals surface area contributed by atoms with Gasteiger partial charge in [0.1, 0.15) is 5.75 Å². The fourth-order valence-electron chi connectivity index (χ4n) is 0.624. The van der Waals surface area contributed by atoms with Crippen LogP contribution in [0.1, 0.15) is 5.56 Å². The van der Waals surface area contributed by atoms with E-state index in [9.17, 15) is 0 Å². The van der Waals surface area contributed by atoms with Crippen LogP contribution >= 0.6 is 11.6 Å². The standard InChI is InChI=1S/C7H7ClO.H2O/c8-5-6-3-1-2-4-7(6)9;/h1-4,9H,5H2;1H2. The highest BCUT2D eigenvalue weighted by Gasteiger charge is 1.93. The third kappa shape index (κ3) is 1.90. The molecule has 0 saturated carbocycles. The minimum Gasteiger partial charge on any atom is -0.508 e. The lowest BCUT2D eigenvalue weighted by Crippen LogP contribution is -1.75. The Morgan fingerprint density at radius 2 is 1.90 bits per heavy atom. The number of alkyl halides is 1. The van der Waals surface area contributed by atoms with Crippen LogP contribution in [-0.4, -0.2) is 10.6 Å². The Kier molecular flexibility index (Phi) is 3.84. The summed E-state index contributed by atoms with van der Waals surface area (Å²) >= 11 is 5.47. The molecule has 3 N–H and O–H groups in total. The van der Waals surface area contributed by atoms with E-state index in [4.69, 9.17) is 16.7 Å². The van der Waals surface area contributed by atoms with Crippen molar-refractivity contribution in [2.24, 2.45) is 0 Å². The van der Waals surface area contributed by atoms with E-state index in [-0.39, 0.29) is 11.2 Å². The predicted octanol–water partition coefficient (Wildman–Crippen LogP) is 1.31. The Morgan fingerprint density at radius 1 is 1.30 bits per heavy atom. The molecule has 0 aromatic heterocycles. The van der Waals surface area contributed by atoms with Crippen molar-refractivity contribution < 1.29 is 10.6 Å². The van der Waals surface area contributed by atoms with Gasteiger partial charge in [-0.05, 0) is 6.07 Å². The molecular formula is C7H9ClO2. The average Bonchev–Trinajstić information content (AvgIpc) is 1.89. The molecule has 0 aliphatic rings. The van der Waals surface area contributed by atoms with Gasteiger partial charge in [-0.25, -0.2) is 0 Å². The number of hydrogen-bond donors (Lipinski definition) is 1. The van der Waals surface area contributed by atoms with Crippen molar-refractivity contribution in [3.05, 3.63) is 29.8 Å². The third-order valence-corrected chi connectivity index (χ3v) is 1.42. The van der Waals surface area contributed by atoms with E-state index in [0.717, 1.165) is 5.56 Å². The summed E-state index contributed by atoms with van der Waals surface area (Å²) in [7, 11) is 0. The quantitative estimate of drug-likeness (QED) is 0.619. The largest absolute Gasteiger partial charge is 0.508 e. The first-order chi connectivity index (χ1) is 4.34. The highest BCUT2D eigenvalue weighted by atomic mass is 35.5. The van der Waals surface area contributed by atoms with Crippen LogP contribution in [-0.2, 0) is 5.88 Å². The van der Waals surface area contributed by atoms with Crippen molar-refractivity contribution in [1.29, 1.82) is 0 Å². The van der Waals surface area contributed by atoms with Crippen molar-refractivity contribution in [3.63, 3.8) is 0 Å². The number of phenols is 1. The first-order valence-corrected chi connectivity index (χ1v) is 3.21. The summed E-state index contributed by atoms with van der Waals surface area (Å²) in [5.41, 5.74) is 0.777. The minimum atomic E-state index is 0. The molecule has 0 atom stereocenters. The molecule has 0 radical (unpaired) electrons. The van der Waals surface area contributed by atoms with Crippen molar-refractivity contribution in [2.75, 3.05) is 0 Å². The number of aromatic hydroxyl groups is 1. The second kappa shape index (κ2) is 4.14. The second-order valence-electron chi connectivity index (χ2n) is 1.76. The minimum absolute atomic E-state index is 0. The maximum atomic E-state index is 9.03. The van der Waals surface area contributed by atoms with Crippen molar-refractivity contribution in [3.8, 4) is 5.75 Å². The summed E-state index contributed by atoms with van der Waals surface area (Å²) in [5, 5.41) is 9.03. The molecule has 0 bridgehead atoms. The van der Waals surface area contributed by atoms with Crippen LogP contribution in [0, 0.1) is 0 Å². The first kappa shape index (κ1) is 9.27. The molecule has 56 valence electrons. The molecule has 0 fully saturated rings. The fourth-order valence-corrected chi connectivity index (χ4v) is 0.850. The van der Waals surface area contributed by atoms with Crippen molar-refractivity contribution >= 4 is 11.6 Å². The SMILES string of the molecule is O.Oc1ccccc1CCl. The summed E-state index contributed by atoms with van der Waals surface area (Å²) in [6, 6.07) is 7.03. The summed E-state index contributed by atoms with van der Waals surface area (Å²) in [4.78, 5) is 0. The van der Waals surface area contributed by atoms with E-state index in [2.05, 4.69) is 0 Å². The van der Waals surface area contributed by atoms with Gasteiger partial charge in [0.25, 0.3) is 0 Å². The molecule has 0 spiro atoms. The monoisotopic (exact) mass is 160 g/mol. The molecule has 2 nitrogen and oxygen atoms in total. The van der Waals surface area contributed by atoms with Gasteiger partial charge in [-0.15, -0.1) is 11.6 Å². The van der Waals surface area contributed by atoms with E-state index in [1.165, 1.54) is 0 Å². The first-order valence-electron chi connectivity index (χ1n) is 2.67. The van der Waals surface area contributed by atoms with Crippen LogP contribution in [0.4, 0.5) is 0 Å². The number of phenolic OH excluding ortho intramolecular Hbond substituents is 1. The summed E-state index contributed by atoms with van der Waals surface area (Å²) in [5.74, 6) is 0.639. The zero-order valence-corrected chi connectivity index (χ0v) is 6.10. The normalized spacial score (nSPS) is 8.50. The molecule has 0 saturated heterocycles. The zero-order valence-electron chi connectivity index (χ0n) is 5.34. The van der Waals surface area contributed by atoms with Gasteiger partial charge in [-0.1, -0.05) is 18.2 Å². The van der Waals surface area contributed by atoms with Crippen LogP contribution in [0.5, 0.6) is 5.75 Å². The average molecular weight is 161 g/mol. The number of hydrogen-bond acceptors (Lipinski definition) is 1. The fraction of sp³-hybridized carbons (Fsp3) is 0.143. The van der Waals surface area contributed by atoms with Gasteiger partial charge in [0.05, 0.1) is 5.88 Å². The van der Waals surface area contributed by atoms with Gasteiger partial charge < -0.3 is 10.6 Å². The molecule has 0 amide bonds. The molecule has 1 aromatic rings. The lowest BCUT2D eigenvalue weighted by Gasteiger charge is -1.95. The van der Waals surface area contributed by atoms with Crippen LogP contribution in [0.2, 0.25) is 0 Å². The second-order valence-corrected chi connectivity index (χ2v) is 2.03.